The Morgan fingerprint density at radius 3 is 2.48 bits per heavy atom. The van der Waals surface area contributed by atoms with Gasteiger partial charge in [-0.3, -0.25) is 14.9 Å². The molecule has 2 N–H and O–H groups in total. The summed E-state index contributed by atoms with van der Waals surface area (Å²) < 4.78 is 5.34. The van der Waals surface area contributed by atoms with Crippen LogP contribution in [0.5, 0.6) is 0 Å². The fraction of sp³-hybridized carbons (Fsp3) is 0.200. The van der Waals surface area contributed by atoms with E-state index in [0.717, 1.165) is 11.3 Å². The molecule has 0 unspecified atom stereocenters. The Labute approximate surface area is 151 Å². The topological polar surface area (TPSA) is 111 Å². The van der Waals surface area contributed by atoms with Gasteiger partial charge in [-0.2, -0.15) is 0 Å². The number of hydrogen-bond donors (Lipinski definition) is 2. The Morgan fingerprint density at radius 2 is 1.88 bits per heavy atom. The van der Waals surface area contributed by atoms with Crippen molar-refractivity contribution in [1.82, 2.24) is 5.32 Å². The van der Waals surface area contributed by atoms with Gasteiger partial charge in [0.2, 0.25) is 0 Å². The summed E-state index contributed by atoms with van der Waals surface area (Å²) in [7, 11) is 0. The lowest BCUT2D eigenvalue weighted by Crippen LogP contribution is -2.32. The molecule has 1 aromatic carbocycles. The number of esters is 1. The first-order chi connectivity index (χ1) is 12.0. The lowest BCUT2D eigenvalue weighted by atomic mass is 10.3. The summed E-state index contributed by atoms with van der Waals surface area (Å²) in [5.74, 6) is -1.03. The lowest BCUT2D eigenvalue weighted by Gasteiger charge is -2.08. The molecular formula is C15H14ClN3O5S. The van der Waals surface area contributed by atoms with Gasteiger partial charge in [0.1, 0.15) is 4.88 Å². The molecule has 0 aliphatic heterocycles. The minimum Gasteiger partial charge on any atom is -0.451 e. The molecule has 25 heavy (non-hydrogen) atoms. The number of amides is 1. The van der Waals surface area contributed by atoms with Crippen LogP contribution in [-0.2, 0) is 9.53 Å². The largest absolute Gasteiger partial charge is 0.451 e. The molecule has 0 aliphatic carbocycles. The Balaban J connectivity index is 1.63. The molecule has 132 valence electrons. The van der Waals surface area contributed by atoms with Crippen LogP contribution in [0.1, 0.15) is 9.67 Å². The van der Waals surface area contributed by atoms with E-state index < -0.39 is 16.8 Å². The summed E-state index contributed by atoms with van der Waals surface area (Å²) in [5.41, 5.74) is 0.702. The molecule has 1 heterocycles. The molecule has 8 nitrogen and oxygen atoms in total. The number of benzene rings is 1. The van der Waals surface area contributed by atoms with E-state index in [4.69, 9.17) is 16.3 Å². The van der Waals surface area contributed by atoms with Gasteiger partial charge in [0.25, 0.3) is 11.6 Å². The molecule has 0 atom stereocenters. The van der Waals surface area contributed by atoms with Crippen molar-refractivity contribution in [2.24, 2.45) is 0 Å². The summed E-state index contributed by atoms with van der Waals surface area (Å²) in [6, 6.07) is 9.03. The van der Waals surface area contributed by atoms with Gasteiger partial charge in [-0.25, -0.2) is 4.79 Å². The number of ether oxygens (including phenoxy) is 1. The van der Waals surface area contributed by atoms with E-state index >= 15 is 0 Å². The van der Waals surface area contributed by atoms with Gasteiger partial charge >= 0.3 is 5.97 Å². The molecule has 1 amide bonds. The Bertz CT molecular complexity index is 763. The fourth-order valence-corrected chi connectivity index (χ4v) is 2.72. The number of hydrogen-bond acceptors (Lipinski definition) is 7. The number of nitrogens with zero attached hydrogens (tertiary/aromatic N) is 1. The number of nitrogens with one attached hydrogen (secondary N) is 2. The fourth-order valence-electron chi connectivity index (χ4n) is 1.79. The third-order valence-electron chi connectivity index (χ3n) is 2.96. The second-order valence-electron chi connectivity index (χ2n) is 4.76. The van der Waals surface area contributed by atoms with Gasteiger partial charge < -0.3 is 15.4 Å². The number of carbonyl (C=O) groups is 2. The lowest BCUT2D eigenvalue weighted by molar-refractivity contribution is -0.384. The summed E-state index contributed by atoms with van der Waals surface area (Å²) in [4.78, 5) is 33.6. The highest BCUT2D eigenvalue weighted by atomic mass is 35.5. The second kappa shape index (κ2) is 9.00. The van der Waals surface area contributed by atoms with E-state index in [1.807, 2.05) is 0 Å². The molecule has 0 aliphatic rings. The van der Waals surface area contributed by atoms with Crippen molar-refractivity contribution in [3.05, 3.63) is 55.7 Å². The van der Waals surface area contributed by atoms with Crippen molar-refractivity contribution >= 4 is 46.2 Å². The zero-order valence-electron chi connectivity index (χ0n) is 12.9. The number of non-ortho nitro benzene ring substituents is 1. The molecule has 0 saturated carbocycles. The number of thiophene rings is 1. The van der Waals surface area contributed by atoms with Gasteiger partial charge in [0.15, 0.2) is 6.61 Å². The molecule has 0 fully saturated rings. The smallest absolute Gasteiger partial charge is 0.348 e. The Kier molecular flexibility index (Phi) is 6.72. The molecule has 0 spiro atoms. The van der Waals surface area contributed by atoms with Crippen molar-refractivity contribution in [3.8, 4) is 0 Å². The van der Waals surface area contributed by atoms with E-state index in [0.29, 0.717) is 28.0 Å². The SMILES string of the molecule is O=C(COC(=O)c1ccc(Cl)s1)NCCNc1ccc([N+](=O)[O-])cc1. The zero-order chi connectivity index (χ0) is 18.2. The van der Waals surface area contributed by atoms with Crippen LogP contribution in [0.4, 0.5) is 11.4 Å². The first-order valence-corrected chi connectivity index (χ1v) is 8.32. The summed E-state index contributed by atoms with van der Waals surface area (Å²) in [5, 5.41) is 16.1. The van der Waals surface area contributed by atoms with Crippen LogP contribution >= 0.6 is 22.9 Å². The Morgan fingerprint density at radius 1 is 1.16 bits per heavy atom. The number of anilines is 1. The van der Waals surface area contributed by atoms with Crippen molar-refractivity contribution in [1.29, 1.82) is 0 Å². The monoisotopic (exact) mass is 383 g/mol. The van der Waals surface area contributed by atoms with E-state index in [1.54, 1.807) is 18.2 Å². The predicted molar refractivity (Wildman–Crippen MR) is 94.2 cm³/mol. The predicted octanol–water partition coefficient (Wildman–Crippen LogP) is 2.69. The van der Waals surface area contributed by atoms with Gasteiger partial charge in [-0.1, -0.05) is 11.6 Å². The number of nitro benzene ring substituents is 1. The minimum absolute atomic E-state index is 0.00713. The summed E-state index contributed by atoms with van der Waals surface area (Å²) in [6.45, 7) is 0.335. The number of halogens is 1. The van der Waals surface area contributed by atoms with Crippen LogP contribution in [-0.4, -0.2) is 36.5 Å². The second-order valence-corrected chi connectivity index (χ2v) is 6.48. The molecule has 10 heteroatoms. The average molecular weight is 384 g/mol. The van der Waals surface area contributed by atoms with E-state index in [9.17, 15) is 19.7 Å². The Hall–Kier alpha value is -2.65. The highest BCUT2D eigenvalue weighted by Gasteiger charge is 2.12. The highest BCUT2D eigenvalue weighted by molar-refractivity contribution is 7.17. The molecular weight excluding hydrogens is 370 g/mol. The average Bonchev–Trinajstić information content (AvgIpc) is 3.03. The standard InChI is InChI=1S/C15H14ClN3O5S/c16-13-6-5-12(25-13)15(21)24-9-14(20)18-8-7-17-10-1-3-11(4-2-10)19(22)23/h1-6,17H,7-9H2,(H,18,20). The van der Waals surface area contributed by atoms with Crippen molar-refractivity contribution in [3.63, 3.8) is 0 Å². The first-order valence-electron chi connectivity index (χ1n) is 7.13. The van der Waals surface area contributed by atoms with Crippen LogP contribution in [0, 0.1) is 10.1 Å². The maximum atomic E-state index is 11.6. The maximum absolute atomic E-state index is 11.6. The third-order valence-corrected chi connectivity index (χ3v) is 4.17. The number of carbonyl (C=O) groups excluding carboxylic acids is 2. The normalized spacial score (nSPS) is 10.1. The van der Waals surface area contributed by atoms with Crippen LogP contribution in [0.2, 0.25) is 4.34 Å². The van der Waals surface area contributed by atoms with Gasteiger partial charge in [0, 0.05) is 30.9 Å². The van der Waals surface area contributed by atoms with Gasteiger partial charge in [-0.05, 0) is 24.3 Å². The zero-order valence-corrected chi connectivity index (χ0v) is 14.4. The van der Waals surface area contributed by atoms with Crippen molar-refractivity contribution in [2.75, 3.05) is 25.0 Å². The highest BCUT2D eigenvalue weighted by Crippen LogP contribution is 2.21. The quantitative estimate of drug-likeness (QED) is 0.314. The van der Waals surface area contributed by atoms with E-state index in [-0.39, 0.29) is 12.3 Å². The molecule has 0 radical (unpaired) electrons. The maximum Gasteiger partial charge on any atom is 0.348 e. The van der Waals surface area contributed by atoms with Crippen LogP contribution in [0.15, 0.2) is 36.4 Å². The molecule has 2 aromatic rings. The minimum atomic E-state index is -0.601. The molecule has 2 rings (SSSR count). The molecule has 1 aromatic heterocycles. The van der Waals surface area contributed by atoms with Gasteiger partial charge in [0.05, 0.1) is 9.26 Å². The van der Waals surface area contributed by atoms with E-state index in [2.05, 4.69) is 10.6 Å². The van der Waals surface area contributed by atoms with Crippen LogP contribution < -0.4 is 10.6 Å². The third kappa shape index (κ3) is 6.05. The van der Waals surface area contributed by atoms with Crippen LogP contribution in [0.25, 0.3) is 0 Å². The number of rotatable bonds is 8. The summed E-state index contributed by atoms with van der Waals surface area (Å²) in [6.07, 6.45) is 0. The molecule has 0 bridgehead atoms. The summed E-state index contributed by atoms with van der Waals surface area (Å²) >= 11 is 6.79. The molecule has 0 saturated heterocycles. The first kappa shape index (κ1) is 18.7. The van der Waals surface area contributed by atoms with Crippen LogP contribution in [0.3, 0.4) is 0 Å². The van der Waals surface area contributed by atoms with Gasteiger partial charge in [-0.15, -0.1) is 11.3 Å². The van der Waals surface area contributed by atoms with E-state index in [1.165, 1.54) is 18.2 Å². The van der Waals surface area contributed by atoms with Crippen molar-refractivity contribution < 1.29 is 19.2 Å². The number of nitro groups is 1. The van der Waals surface area contributed by atoms with Crippen molar-refractivity contribution in [2.45, 2.75) is 0 Å².